The van der Waals surface area contributed by atoms with Crippen molar-refractivity contribution in [2.45, 2.75) is 73.6 Å². The van der Waals surface area contributed by atoms with E-state index in [0.717, 1.165) is 57.3 Å². The predicted molar refractivity (Wildman–Crippen MR) is 159 cm³/mol. The molecular formula is C35H38N2O. The van der Waals surface area contributed by atoms with Gasteiger partial charge >= 0.3 is 0 Å². The summed E-state index contributed by atoms with van der Waals surface area (Å²) in [6.45, 7) is 18.3. The number of aromatic nitrogens is 2. The molecule has 0 N–H and O–H groups in total. The lowest BCUT2D eigenvalue weighted by atomic mass is 9.63. The van der Waals surface area contributed by atoms with Gasteiger partial charge in [-0.15, -0.1) is 0 Å². The second-order valence-electron chi connectivity index (χ2n) is 13.8. The van der Waals surface area contributed by atoms with Crippen molar-refractivity contribution in [1.82, 2.24) is 9.97 Å². The molecule has 0 bridgehead atoms. The van der Waals surface area contributed by atoms with E-state index in [0.29, 0.717) is 0 Å². The maximum absolute atomic E-state index is 6.68. The van der Waals surface area contributed by atoms with Gasteiger partial charge in [-0.25, -0.2) is 4.98 Å². The quantitative estimate of drug-likeness (QED) is 0.246. The van der Waals surface area contributed by atoms with E-state index in [-0.39, 0.29) is 16.2 Å². The summed E-state index contributed by atoms with van der Waals surface area (Å²) in [6.07, 6.45) is 3.97. The van der Waals surface area contributed by atoms with Gasteiger partial charge in [0.1, 0.15) is 5.58 Å². The Balaban J connectivity index is 1.67. The zero-order valence-corrected chi connectivity index (χ0v) is 24.0. The summed E-state index contributed by atoms with van der Waals surface area (Å²) >= 11 is 0. The molecule has 3 aromatic heterocycles. The normalized spacial score (nSPS) is 14.7. The van der Waals surface area contributed by atoms with Crippen LogP contribution < -0.4 is 0 Å². The summed E-state index contributed by atoms with van der Waals surface area (Å²) in [4.78, 5) is 10.2. The van der Waals surface area contributed by atoms with Gasteiger partial charge in [0.25, 0.3) is 0 Å². The maximum Gasteiger partial charge on any atom is 0.227 e. The van der Waals surface area contributed by atoms with E-state index < -0.39 is 0 Å². The van der Waals surface area contributed by atoms with Gasteiger partial charge in [0, 0.05) is 33.5 Å². The minimum absolute atomic E-state index is 0.131. The number of hydrogen-bond donors (Lipinski definition) is 0. The molecule has 1 aliphatic rings. The molecule has 0 atom stereocenters. The molecule has 0 aliphatic heterocycles. The fraction of sp³-hybridized carbons (Fsp3) is 0.371. The van der Waals surface area contributed by atoms with Crippen molar-refractivity contribution in [1.29, 1.82) is 0 Å². The van der Waals surface area contributed by atoms with Gasteiger partial charge in [-0.1, -0.05) is 84.0 Å². The fourth-order valence-corrected chi connectivity index (χ4v) is 6.86. The number of nitrogens with zero attached hydrogens (tertiary/aromatic N) is 2. The second kappa shape index (κ2) is 8.27. The number of benzene rings is 2. The van der Waals surface area contributed by atoms with Gasteiger partial charge < -0.3 is 4.42 Å². The molecule has 1 aliphatic carbocycles. The van der Waals surface area contributed by atoms with E-state index in [1.807, 2.05) is 6.20 Å². The van der Waals surface area contributed by atoms with Gasteiger partial charge in [0.05, 0.1) is 11.4 Å². The molecule has 0 fully saturated rings. The van der Waals surface area contributed by atoms with Crippen LogP contribution in [0.1, 0.15) is 76.8 Å². The van der Waals surface area contributed by atoms with Gasteiger partial charge in [-0.05, 0) is 71.9 Å². The monoisotopic (exact) mass is 502 g/mol. The van der Waals surface area contributed by atoms with Crippen LogP contribution in [0.3, 0.4) is 0 Å². The Morgan fingerprint density at radius 2 is 1.50 bits per heavy atom. The van der Waals surface area contributed by atoms with Crippen LogP contribution >= 0.6 is 0 Å². The molecule has 38 heavy (non-hydrogen) atoms. The Bertz CT molecular complexity index is 1680. The SMILES string of the molecule is Cc1ccc(-c2c(C)ccc3c2oc2nc4c(cc23)-c2ccccc2C4(CC(C)(C)C)CC(C)(C)C)nc1. The van der Waals surface area contributed by atoms with Gasteiger partial charge in [0.2, 0.25) is 5.71 Å². The first-order valence-corrected chi connectivity index (χ1v) is 13.8. The standard InChI is InChI=1S/C35H38N2O/c1-21-13-16-28(36-18-21)29-22(2)14-15-24-26-17-25-23-11-9-10-12-27(23)35(19-33(3,4)5,20-34(6,7)8)31(25)37-32(26)38-30(24)29/h9-18H,19-20H2,1-8H3. The molecule has 6 rings (SSSR count). The van der Waals surface area contributed by atoms with E-state index in [4.69, 9.17) is 14.4 Å². The maximum atomic E-state index is 6.68. The van der Waals surface area contributed by atoms with Crippen LogP contribution in [0.4, 0.5) is 0 Å². The predicted octanol–water partition coefficient (Wildman–Crippen LogP) is 9.80. The van der Waals surface area contributed by atoms with E-state index in [2.05, 4.69) is 110 Å². The van der Waals surface area contributed by atoms with E-state index in [1.165, 1.54) is 22.4 Å². The third-order valence-electron chi connectivity index (χ3n) is 7.86. The van der Waals surface area contributed by atoms with Crippen LogP contribution in [-0.2, 0) is 5.41 Å². The van der Waals surface area contributed by atoms with Crippen molar-refractivity contribution in [3.05, 3.63) is 83.2 Å². The first-order valence-electron chi connectivity index (χ1n) is 13.8. The van der Waals surface area contributed by atoms with Crippen molar-refractivity contribution in [2.24, 2.45) is 10.8 Å². The highest BCUT2D eigenvalue weighted by molar-refractivity contribution is 6.10. The summed E-state index contributed by atoms with van der Waals surface area (Å²) < 4.78 is 6.68. The number of fused-ring (bicyclic) bond motifs is 6. The fourth-order valence-electron chi connectivity index (χ4n) is 6.86. The molecule has 0 spiro atoms. The number of rotatable bonds is 3. The Morgan fingerprint density at radius 3 is 2.16 bits per heavy atom. The molecule has 0 saturated carbocycles. The summed E-state index contributed by atoms with van der Waals surface area (Å²) in [5.74, 6) is 0. The Kier molecular flexibility index (Phi) is 5.41. The highest BCUT2D eigenvalue weighted by Gasteiger charge is 2.48. The molecule has 3 heterocycles. The topological polar surface area (TPSA) is 38.9 Å². The first-order chi connectivity index (χ1) is 17.9. The molecule has 3 heteroatoms. The van der Waals surface area contributed by atoms with E-state index >= 15 is 0 Å². The Morgan fingerprint density at radius 1 is 0.789 bits per heavy atom. The van der Waals surface area contributed by atoms with Crippen LogP contribution in [-0.4, -0.2) is 9.97 Å². The lowest BCUT2D eigenvalue weighted by molar-refractivity contribution is 0.211. The zero-order chi connectivity index (χ0) is 27.0. The first kappa shape index (κ1) is 24.9. The smallest absolute Gasteiger partial charge is 0.227 e. The molecule has 0 saturated heterocycles. The molecule has 3 nitrogen and oxygen atoms in total. The largest absolute Gasteiger partial charge is 0.437 e. The summed E-state index contributed by atoms with van der Waals surface area (Å²) in [5, 5.41) is 2.17. The Labute approximate surface area is 226 Å². The Hall–Kier alpha value is -3.46. The average Bonchev–Trinajstić information content (AvgIpc) is 3.30. The summed E-state index contributed by atoms with van der Waals surface area (Å²) in [5.41, 5.74) is 11.1. The molecular weight excluding hydrogens is 464 g/mol. The average molecular weight is 503 g/mol. The van der Waals surface area contributed by atoms with E-state index in [1.54, 1.807) is 0 Å². The number of aryl methyl sites for hydroxylation is 2. The molecule has 2 aromatic carbocycles. The minimum atomic E-state index is -0.174. The highest BCUT2D eigenvalue weighted by atomic mass is 16.3. The van der Waals surface area contributed by atoms with Crippen molar-refractivity contribution in [2.75, 3.05) is 0 Å². The van der Waals surface area contributed by atoms with Crippen LogP contribution in [0.25, 0.3) is 44.5 Å². The molecule has 5 aromatic rings. The van der Waals surface area contributed by atoms with Crippen molar-refractivity contribution in [3.63, 3.8) is 0 Å². The second-order valence-corrected chi connectivity index (χ2v) is 13.8. The number of furan rings is 1. The molecule has 0 radical (unpaired) electrons. The summed E-state index contributed by atoms with van der Waals surface area (Å²) in [6, 6.07) is 19.9. The van der Waals surface area contributed by atoms with Crippen LogP contribution in [0.2, 0.25) is 0 Å². The van der Waals surface area contributed by atoms with Gasteiger partial charge in [0.15, 0.2) is 0 Å². The van der Waals surface area contributed by atoms with Crippen molar-refractivity contribution in [3.8, 4) is 22.4 Å². The van der Waals surface area contributed by atoms with Crippen LogP contribution in [0.15, 0.2) is 65.2 Å². The number of hydrogen-bond acceptors (Lipinski definition) is 3. The van der Waals surface area contributed by atoms with Crippen molar-refractivity contribution >= 4 is 22.1 Å². The van der Waals surface area contributed by atoms with Crippen molar-refractivity contribution < 1.29 is 4.42 Å². The van der Waals surface area contributed by atoms with Gasteiger partial charge in [-0.3, -0.25) is 4.98 Å². The third-order valence-corrected chi connectivity index (χ3v) is 7.86. The lowest BCUT2D eigenvalue weighted by Gasteiger charge is -2.41. The van der Waals surface area contributed by atoms with Crippen LogP contribution in [0, 0.1) is 24.7 Å². The number of pyridine rings is 2. The lowest BCUT2D eigenvalue weighted by Crippen LogP contribution is -2.35. The van der Waals surface area contributed by atoms with Crippen LogP contribution in [0.5, 0.6) is 0 Å². The van der Waals surface area contributed by atoms with E-state index in [9.17, 15) is 0 Å². The molecule has 0 amide bonds. The van der Waals surface area contributed by atoms with Gasteiger partial charge in [-0.2, -0.15) is 0 Å². The third kappa shape index (κ3) is 3.95. The molecule has 0 unspecified atom stereocenters. The minimum Gasteiger partial charge on any atom is -0.437 e. The zero-order valence-electron chi connectivity index (χ0n) is 24.0. The highest BCUT2D eigenvalue weighted by Crippen LogP contribution is 2.58. The summed E-state index contributed by atoms with van der Waals surface area (Å²) in [7, 11) is 0. The molecule has 194 valence electrons.